The van der Waals surface area contributed by atoms with Crippen LogP contribution in [-0.2, 0) is 9.47 Å². The van der Waals surface area contributed by atoms with Crippen molar-refractivity contribution in [3.8, 4) is 0 Å². The highest BCUT2D eigenvalue weighted by molar-refractivity contribution is 5.06. The van der Waals surface area contributed by atoms with Gasteiger partial charge in [0.1, 0.15) is 0 Å². The molecule has 0 aromatic carbocycles. The van der Waals surface area contributed by atoms with Gasteiger partial charge in [-0.15, -0.1) is 0 Å². The van der Waals surface area contributed by atoms with Gasteiger partial charge in [0.2, 0.25) is 0 Å². The smallest absolute Gasteiger partial charge is 0.155 e. The molecule has 1 fully saturated rings. The van der Waals surface area contributed by atoms with E-state index in [1.54, 1.807) is 0 Å². The van der Waals surface area contributed by atoms with Gasteiger partial charge >= 0.3 is 0 Å². The van der Waals surface area contributed by atoms with Crippen LogP contribution in [0.4, 0.5) is 0 Å². The van der Waals surface area contributed by atoms with Crippen LogP contribution in [0.3, 0.4) is 0 Å². The van der Waals surface area contributed by atoms with Crippen LogP contribution in [0.2, 0.25) is 0 Å². The second kappa shape index (κ2) is 3.35. The van der Waals surface area contributed by atoms with Gasteiger partial charge in [0, 0.05) is 5.41 Å². The first-order valence-electron chi connectivity index (χ1n) is 5.50. The van der Waals surface area contributed by atoms with Gasteiger partial charge in [-0.25, -0.2) is 0 Å². The maximum absolute atomic E-state index is 5.91. The highest BCUT2D eigenvalue weighted by Gasteiger charge is 2.49. The Bertz CT molecular complexity index is 245. The molecule has 0 bridgehead atoms. The van der Waals surface area contributed by atoms with Crippen LogP contribution >= 0.6 is 0 Å². The molecule has 0 radical (unpaired) electrons. The molecule has 14 heavy (non-hydrogen) atoms. The first-order chi connectivity index (χ1) is 6.56. The summed E-state index contributed by atoms with van der Waals surface area (Å²) in [5.74, 6) is 0. The van der Waals surface area contributed by atoms with Crippen molar-refractivity contribution in [3.63, 3.8) is 0 Å². The van der Waals surface area contributed by atoms with Gasteiger partial charge in [-0.1, -0.05) is 12.2 Å². The standard InChI is InChI=1S/C12H20O2/c1-10-13-9-12(11(2,3)14-10)7-5-4-6-8-12/h4-5,10H,6-9H2,1-3H3. The number of hydrogen-bond acceptors (Lipinski definition) is 2. The molecule has 2 rings (SSSR count). The normalized spacial score (nSPS) is 41.5. The van der Waals surface area contributed by atoms with Crippen molar-refractivity contribution in [2.45, 2.75) is 51.9 Å². The SMILES string of the molecule is CC1OCC2(CC=CCC2)C(C)(C)O1. The Kier molecular flexibility index (Phi) is 2.44. The van der Waals surface area contributed by atoms with E-state index in [1.165, 1.54) is 6.42 Å². The van der Waals surface area contributed by atoms with E-state index < -0.39 is 0 Å². The van der Waals surface area contributed by atoms with Crippen molar-refractivity contribution in [1.29, 1.82) is 0 Å². The first-order valence-corrected chi connectivity index (χ1v) is 5.50. The molecule has 80 valence electrons. The van der Waals surface area contributed by atoms with Gasteiger partial charge in [-0.2, -0.15) is 0 Å². The lowest BCUT2D eigenvalue weighted by molar-refractivity contribution is -0.298. The summed E-state index contributed by atoms with van der Waals surface area (Å²) in [6.07, 6.45) is 7.91. The average molecular weight is 196 g/mol. The molecule has 2 unspecified atom stereocenters. The van der Waals surface area contributed by atoms with E-state index in [9.17, 15) is 0 Å². The van der Waals surface area contributed by atoms with Crippen molar-refractivity contribution in [2.24, 2.45) is 5.41 Å². The average Bonchev–Trinajstić information content (AvgIpc) is 2.14. The molecule has 2 atom stereocenters. The second-order valence-corrected chi connectivity index (χ2v) is 5.00. The summed E-state index contributed by atoms with van der Waals surface area (Å²) >= 11 is 0. The van der Waals surface area contributed by atoms with E-state index in [0.717, 1.165) is 19.4 Å². The molecular formula is C12H20O2. The lowest BCUT2D eigenvalue weighted by Gasteiger charge is -2.52. The molecule has 0 aromatic rings. The Morgan fingerprint density at radius 3 is 2.64 bits per heavy atom. The van der Waals surface area contributed by atoms with Crippen molar-refractivity contribution in [2.75, 3.05) is 6.61 Å². The van der Waals surface area contributed by atoms with Crippen LogP contribution < -0.4 is 0 Å². The third kappa shape index (κ3) is 1.51. The Morgan fingerprint density at radius 2 is 2.07 bits per heavy atom. The molecule has 2 nitrogen and oxygen atoms in total. The third-order valence-corrected chi connectivity index (χ3v) is 3.80. The van der Waals surface area contributed by atoms with E-state index >= 15 is 0 Å². The Balaban J connectivity index is 2.21. The molecule has 0 aromatic heterocycles. The monoisotopic (exact) mass is 196 g/mol. The van der Waals surface area contributed by atoms with Crippen LogP contribution in [0.1, 0.15) is 40.0 Å². The van der Waals surface area contributed by atoms with Gasteiger partial charge < -0.3 is 9.47 Å². The molecule has 1 aliphatic carbocycles. The fraction of sp³-hybridized carbons (Fsp3) is 0.833. The van der Waals surface area contributed by atoms with Gasteiger partial charge in [0.25, 0.3) is 0 Å². The molecule has 1 heterocycles. The van der Waals surface area contributed by atoms with Gasteiger partial charge in [0.05, 0.1) is 12.2 Å². The molecule has 1 aliphatic heterocycles. The summed E-state index contributed by atoms with van der Waals surface area (Å²) in [4.78, 5) is 0. The fourth-order valence-corrected chi connectivity index (χ4v) is 2.59. The summed E-state index contributed by atoms with van der Waals surface area (Å²) in [5, 5.41) is 0. The summed E-state index contributed by atoms with van der Waals surface area (Å²) in [5.41, 5.74) is 0.143. The third-order valence-electron chi connectivity index (χ3n) is 3.80. The number of ether oxygens (including phenoxy) is 2. The van der Waals surface area contributed by atoms with E-state index in [4.69, 9.17) is 9.47 Å². The number of rotatable bonds is 0. The summed E-state index contributed by atoms with van der Waals surface area (Å²) in [7, 11) is 0. The Morgan fingerprint density at radius 1 is 1.29 bits per heavy atom. The van der Waals surface area contributed by atoms with Crippen molar-refractivity contribution < 1.29 is 9.47 Å². The van der Waals surface area contributed by atoms with E-state index in [-0.39, 0.29) is 17.3 Å². The van der Waals surface area contributed by atoms with Crippen molar-refractivity contribution >= 4 is 0 Å². The minimum absolute atomic E-state index is 0.0541. The fourth-order valence-electron chi connectivity index (χ4n) is 2.59. The van der Waals surface area contributed by atoms with E-state index in [1.807, 2.05) is 6.92 Å². The zero-order valence-corrected chi connectivity index (χ0v) is 9.38. The van der Waals surface area contributed by atoms with Crippen LogP contribution in [0, 0.1) is 5.41 Å². The van der Waals surface area contributed by atoms with Crippen LogP contribution in [-0.4, -0.2) is 18.5 Å². The van der Waals surface area contributed by atoms with Gasteiger partial charge in [0.15, 0.2) is 6.29 Å². The van der Waals surface area contributed by atoms with Crippen molar-refractivity contribution in [3.05, 3.63) is 12.2 Å². The van der Waals surface area contributed by atoms with Gasteiger partial charge in [-0.05, 0) is 40.0 Å². The molecule has 2 aliphatic rings. The second-order valence-electron chi connectivity index (χ2n) is 5.00. The first kappa shape index (κ1) is 10.2. The molecule has 1 saturated heterocycles. The topological polar surface area (TPSA) is 18.5 Å². The predicted octanol–water partition coefficient (Wildman–Crippen LogP) is 2.88. The molecule has 1 spiro atoms. The zero-order valence-electron chi connectivity index (χ0n) is 9.38. The summed E-state index contributed by atoms with van der Waals surface area (Å²) < 4.78 is 11.6. The molecule has 2 heteroatoms. The number of allylic oxidation sites excluding steroid dienone is 2. The summed E-state index contributed by atoms with van der Waals surface area (Å²) in [6, 6.07) is 0. The molecule has 0 amide bonds. The largest absolute Gasteiger partial charge is 0.352 e. The van der Waals surface area contributed by atoms with Crippen LogP contribution in [0.5, 0.6) is 0 Å². The highest BCUT2D eigenvalue weighted by atomic mass is 16.7. The summed E-state index contributed by atoms with van der Waals surface area (Å²) in [6.45, 7) is 7.22. The van der Waals surface area contributed by atoms with E-state index in [2.05, 4.69) is 26.0 Å². The Hall–Kier alpha value is -0.340. The van der Waals surface area contributed by atoms with E-state index in [0.29, 0.717) is 0 Å². The predicted molar refractivity (Wildman–Crippen MR) is 56.0 cm³/mol. The molecular weight excluding hydrogens is 176 g/mol. The minimum atomic E-state index is -0.0601. The van der Waals surface area contributed by atoms with Crippen molar-refractivity contribution in [1.82, 2.24) is 0 Å². The van der Waals surface area contributed by atoms with Crippen LogP contribution in [0.25, 0.3) is 0 Å². The lowest BCUT2D eigenvalue weighted by Crippen LogP contribution is -2.55. The van der Waals surface area contributed by atoms with Crippen LogP contribution in [0.15, 0.2) is 12.2 Å². The highest BCUT2D eigenvalue weighted by Crippen LogP contribution is 2.47. The minimum Gasteiger partial charge on any atom is -0.352 e. The zero-order chi connectivity index (χ0) is 10.2. The number of hydrogen-bond donors (Lipinski definition) is 0. The maximum atomic E-state index is 5.91. The molecule has 0 N–H and O–H groups in total. The Labute approximate surface area is 86.3 Å². The van der Waals surface area contributed by atoms with Gasteiger partial charge in [-0.3, -0.25) is 0 Å². The quantitative estimate of drug-likeness (QED) is 0.555. The molecule has 0 saturated carbocycles. The lowest BCUT2D eigenvalue weighted by atomic mass is 9.66. The maximum Gasteiger partial charge on any atom is 0.155 e.